The molecule has 2 aromatic rings. The second kappa shape index (κ2) is 3.39. The molecule has 0 saturated carbocycles. The van der Waals surface area contributed by atoms with Gasteiger partial charge in [0.2, 0.25) is 0 Å². The highest BCUT2D eigenvalue weighted by atomic mass is 32.2. The number of nitrogens with two attached hydrogens (primary N) is 1. The number of aromatic nitrogens is 3. The Morgan fingerprint density at radius 3 is 2.85 bits per heavy atom. The molecule has 0 aliphatic rings. The van der Waals surface area contributed by atoms with Crippen molar-refractivity contribution in [3.63, 3.8) is 0 Å². The second-order valence-corrected chi connectivity index (χ2v) is 4.84. The Balaban J connectivity index is 2.14. The van der Waals surface area contributed by atoms with Crippen LogP contribution >= 0.6 is 23.1 Å². The zero-order chi connectivity index (χ0) is 9.26. The predicted molar refractivity (Wildman–Crippen MR) is 54.0 cm³/mol. The third kappa shape index (κ3) is 2.02. The summed E-state index contributed by atoms with van der Waals surface area (Å²) in [5, 5.41) is 1.46. The Bertz CT molecular complexity index is 368. The Hall–Kier alpha value is -1.01. The first kappa shape index (κ1) is 8.58. The molecule has 0 saturated heterocycles. The van der Waals surface area contributed by atoms with Gasteiger partial charge in [-0.1, -0.05) is 11.3 Å². The van der Waals surface area contributed by atoms with Crippen LogP contribution < -0.4 is 5.73 Å². The molecule has 0 spiro atoms. The summed E-state index contributed by atoms with van der Waals surface area (Å²) in [5.41, 5.74) is 6.56. The van der Waals surface area contributed by atoms with Gasteiger partial charge in [0.05, 0.1) is 10.4 Å². The average Bonchev–Trinajstić information content (AvgIpc) is 2.62. The van der Waals surface area contributed by atoms with Crippen LogP contribution in [0.2, 0.25) is 0 Å². The summed E-state index contributed by atoms with van der Waals surface area (Å²) >= 11 is 3.00. The van der Waals surface area contributed by atoms with Crippen LogP contribution in [0.4, 0.5) is 5.13 Å². The maximum atomic E-state index is 5.50. The van der Waals surface area contributed by atoms with Crippen molar-refractivity contribution in [1.82, 2.24) is 15.0 Å². The molecule has 0 aromatic carbocycles. The van der Waals surface area contributed by atoms with Crippen LogP contribution in [0.1, 0.15) is 5.69 Å². The van der Waals surface area contributed by atoms with Crippen LogP contribution in [0.5, 0.6) is 0 Å². The molecule has 0 radical (unpaired) electrons. The number of rotatable bonds is 2. The Labute approximate surface area is 83.6 Å². The van der Waals surface area contributed by atoms with Crippen LogP contribution in [0.15, 0.2) is 21.8 Å². The van der Waals surface area contributed by atoms with Gasteiger partial charge in [0.15, 0.2) is 10.3 Å². The quantitative estimate of drug-likeness (QED) is 0.798. The number of anilines is 1. The van der Waals surface area contributed by atoms with Gasteiger partial charge in [-0.25, -0.2) is 9.97 Å². The number of H-pyrrole nitrogens is 1. The maximum Gasteiger partial charge on any atom is 0.181 e. The molecule has 0 unspecified atom stereocenters. The van der Waals surface area contributed by atoms with Crippen molar-refractivity contribution in [2.75, 3.05) is 5.73 Å². The van der Waals surface area contributed by atoms with E-state index in [1.165, 1.54) is 23.1 Å². The zero-order valence-corrected chi connectivity index (χ0v) is 8.58. The third-order valence-electron chi connectivity index (χ3n) is 1.38. The summed E-state index contributed by atoms with van der Waals surface area (Å²) < 4.78 is 1.05. The SMILES string of the molecule is Cc1cnc(Sc2cnc(N)s2)[nH]1. The van der Waals surface area contributed by atoms with Crippen molar-refractivity contribution >= 4 is 28.2 Å². The number of imidazole rings is 1. The first-order valence-electron chi connectivity index (χ1n) is 3.65. The molecule has 0 bridgehead atoms. The first-order chi connectivity index (χ1) is 6.24. The van der Waals surface area contributed by atoms with Crippen LogP contribution in [-0.2, 0) is 0 Å². The van der Waals surface area contributed by atoms with Gasteiger partial charge in [-0.3, -0.25) is 0 Å². The van der Waals surface area contributed by atoms with Gasteiger partial charge in [0.25, 0.3) is 0 Å². The van der Waals surface area contributed by atoms with Gasteiger partial charge >= 0.3 is 0 Å². The summed E-state index contributed by atoms with van der Waals surface area (Å²) in [6.07, 6.45) is 3.55. The van der Waals surface area contributed by atoms with Crippen molar-refractivity contribution in [1.29, 1.82) is 0 Å². The van der Waals surface area contributed by atoms with E-state index in [4.69, 9.17) is 5.73 Å². The molecule has 0 atom stereocenters. The van der Waals surface area contributed by atoms with Crippen LogP contribution in [-0.4, -0.2) is 15.0 Å². The molecule has 3 N–H and O–H groups in total. The van der Waals surface area contributed by atoms with E-state index in [9.17, 15) is 0 Å². The van der Waals surface area contributed by atoms with Crippen molar-refractivity contribution in [2.24, 2.45) is 0 Å². The lowest BCUT2D eigenvalue weighted by molar-refractivity contribution is 1.04. The molecule has 4 nitrogen and oxygen atoms in total. The molecular formula is C7H8N4S2. The van der Waals surface area contributed by atoms with Crippen LogP contribution in [0.25, 0.3) is 0 Å². The standard InChI is InChI=1S/C7H8N4S2/c1-4-2-10-7(11-4)13-5-3-9-6(8)12-5/h2-3H,1H3,(H2,8,9)(H,10,11). The fourth-order valence-electron chi connectivity index (χ4n) is 0.855. The minimum atomic E-state index is 0.589. The number of nitrogen functional groups attached to an aromatic ring is 1. The molecule has 0 amide bonds. The molecule has 0 aliphatic carbocycles. The minimum absolute atomic E-state index is 0.589. The lowest BCUT2D eigenvalue weighted by Crippen LogP contribution is -1.77. The van der Waals surface area contributed by atoms with Gasteiger partial charge in [-0.05, 0) is 18.7 Å². The number of hydrogen-bond donors (Lipinski definition) is 2. The van der Waals surface area contributed by atoms with Gasteiger partial charge in [0, 0.05) is 11.9 Å². The van der Waals surface area contributed by atoms with Gasteiger partial charge in [-0.2, -0.15) is 0 Å². The fraction of sp³-hybridized carbons (Fsp3) is 0.143. The van der Waals surface area contributed by atoms with E-state index in [2.05, 4.69) is 15.0 Å². The third-order valence-corrected chi connectivity index (χ3v) is 3.21. The van der Waals surface area contributed by atoms with Crippen molar-refractivity contribution in [3.8, 4) is 0 Å². The van der Waals surface area contributed by atoms with Gasteiger partial charge < -0.3 is 10.7 Å². The van der Waals surface area contributed by atoms with Gasteiger partial charge in [-0.15, -0.1) is 0 Å². The lowest BCUT2D eigenvalue weighted by atomic mass is 10.6. The van der Waals surface area contributed by atoms with Crippen LogP contribution in [0, 0.1) is 6.92 Å². The number of nitrogens with one attached hydrogen (secondary N) is 1. The molecule has 0 fully saturated rings. The van der Waals surface area contributed by atoms with E-state index in [0.29, 0.717) is 5.13 Å². The number of thiazole rings is 1. The molecule has 13 heavy (non-hydrogen) atoms. The summed E-state index contributed by atoms with van der Waals surface area (Å²) in [4.78, 5) is 11.2. The number of nitrogens with zero attached hydrogens (tertiary/aromatic N) is 2. The molecule has 2 rings (SSSR count). The van der Waals surface area contributed by atoms with Crippen molar-refractivity contribution in [3.05, 3.63) is 18.1 Å². The monoisotopic (exact) mass is 212 g/mol. The summed E-state index contributed by atoms with van der Waals surface area (Å²) in [6, 6.07) is 0. The second-order valence-electron chi connectivity index (χ2n) is 2.49. The molecular weight excluding hydrogens is 204 g/mol. The van der Waals surface area contributed by atoms with Crippen molar-refractivity contribution in [2.45, 2.75) is 16.3 Å². The Kier molecular flexibility index (Phi) is 2.24. The zero-order valence-electron chi connectivity index (χ0n) is 6.94. The highest BCUT2D eigenvalue weighted by Gasteiger charge is 2.03. The highest BCUT2D eigenvalue weighted by molar-refractivity contribution is 8.01. The maximum absolute atomic E-state index is 5.50. The van der Waals surface area contributed by atoms with E-state index in [-0.39, 0.29) is 0 Å². The molecule has 0 aliphatic heterocycles. The van der Waals surface area contributed by atoms with Crippen molar-refractivity contribution < 1.29 is 0 Å². The smallest absolute Gasteiger partial charge is 0.181 e. The molecule has 2 aromatic heterocycles. The van der Waals surface area contributed by atoms with E-state index in [1.54, 1.807) is 12.4 Å². The Morgan fingerprint density at radius 2 is 2.31 bits per heavy atom. The molecule has 2 heterocycles. The van der Waals surface area contributed by atoms with E-state index in [1.807, 2.05) is 6.92 Å². The minimum Gasteiger partial charge on any atom is -0.375 e. The van der Waals surface area contributed by atoms with E-state index < -0.39 is 0 Å². The number of aromatic amines is 1. The average molecular weight is 212 g/mol. The number of aryl methyl sites for hydroxylation is 1. The number of hydrogen-bond acceptors (Lipinski definition) is 5. The normalized spacial score (nSPS) is 10.5. The van der Waals surface area contributed by atoms with E-state index in [0.717, 1.165) is 15.1 Å². The Morgan fingerprint density at radius 1 is 1.46 bits per heavy atom. The summed E-state index contributed by atoms with van der Waals surface area (Å²) in [7, 11) is 0. The van der Waals surface area contributed by atoms with Gasteiger partial charge in [0.1, 0.15) is 0 Å². The predicted octanol–water partition coefficient (Wildman–Crippen LogP) is 1.91. The fourth-order valence-corrected chi connectivity index (χ4v) is 2.55. The summed E-state index contributed by atoms with van der Waals surface area (Å²) in [6.45, 7) is 1.97. The van der Waals surface area contributed by atoms with E-state index >= 15 is 0 Å². The molecule has 68 valence electrons. The largest absolute Gasteiger partial charge is 0.375 e. The topological polar surface area (TPSA) is 67.6 Å². The summed E-state index contributed by atoms with van der Waals surface area (Å²) in [5.74, 6) is 0. The lowest BCUT2D eigenvalue weighted by Gasteiger charge is -1.89. The van der Waals surface area contributed by atoms with Crippen LogP contribution in [0.3, 0.4) is 0 Å². The molecule has 6 heteroatoms. The highest BCUT2D eigenvalue weighted by Crippen LogP contribution is 2.30. The first-order valence-corrected chi connectivity index (χ1v) is 5.28.